The van der Waals surface area contributed by atoms with E-state index in [4.69, 9.17) is 16.2 Å². The average molecular weight is 433 g/mol. The first-order chi connectivity index (χ1) is 14.1. The molecule has 1 aliphatic heterocycles. The van der Waals surface area contributed by atoms with E-state index >= 15 is 0 Å². The van der Waals surface area contributed by atoms with Crippen LogP contribution in [0.15, 0.2) is 0 Å². The number of hydrogen-bond donors (Lipinski definition) is 6. The first-order valence-electron chi connectivity index (χ1n) is 8.99. The van der Waals surface area contributed by atoms with E-state index in [2.05, 4.69) is 15.4 Å². The maximum Gasteiger partial charge on any atom is 0.325 e. The Bertz CT molecular complexity index is 659. The van der Waals surface area contributed by atoms with Crippen LogP contribution in [0.5, 0.6) is 0 Å². The van der Waals surface area contributed by atoms with Crippen molar-refractivity contribution in [1.29, 1.82) is 0 Å². The van der Waals surface area contributed by atoms with Crippen LogP contribution in [0.3, 0.4) is 0 Å². The van der Waals surface area contributed by atoms with Gasteiger partial charge in [0.25, 0.3) is 0 Å². The number of imide groups is 1. The molecule has 170 valence electrons. The van der Waals surface area contributed by atoms with Crippen LogP contribution in [0.2, 0.25) is 0 Å². The molecule has 0 saturated carbocycles. The largest absolute Gasteiger partial charge is 0.468 e. The highest BCUT2D eigenvalue weighted by Gasteiger charge is 2.43. The van der Waals surface area contributed by atoms with Crippen LogP contribution in [0.25, 0.3) is 0 Å². The van der Waals surface area contributed by atoms with Crippen molar-refractivity contribution in [3.63, 3.8) is 0 Å². The summed E-state index contributed by atoms with van der Waals surface area (Å²) in [6.45, 7) is -2.24. The summed E-state index contributed by atoms with van der Waals surface area (Å²) in [5, 5.41) is 24.2. The lowest BCUT2D eigenvalue weighted by molar-refractivity contribution is -0.155. The Morgan fingerprint density at radius 1 is 0.967 bits per heavy atom. The predicted octanol–water partition coefficient (Wildman–Crippen LogP) is -5.46. The molecule has 0 bridgehead atoms. The van der Waals surface area contributed by atoms with Crippen molar-refractivity contribution in [2.45, 2.75) is 30.8 Å². The SMILES string of the molecule is COC(=O)CN(C(=O)CNC(=O)CNC(=O)CN)C(=O)C[C@@H]1O[C@H](CN)[C@@H](O)[C@H]1O. The fraction of sp³-hybridized carbons (Fsp3) is 0.688. The highest BCUT2D eigenvalue weighted by atomic mass is 16.5. The van der Waals surface area contributed by atoms with Crippen molar-refractivity contribution in [2.24, 2.45) is 11.5 Å². The van der Waals surface area contributed by atoms with E-state index in [1.165, 1.54) is 0 Å². The molecule has 0 aliphatic carbocycles. The molecule has 0 radical (unpaired) electrons. The van der Waals surface area contributed by atoms with Gasteiger partial charge in [-0.2, -0.15) is 0 Å². The highest BCUT2D eigenvalue weighted by molar-refractivity contribution is 6.00. The third kappa shape index (κ3) is 7.31. The summed E-state index contributed by atoms with van der Waals surface area (Å²) < 4.78 is 9.77. The Morgan fingerprint density at radius 3 is 2.10 bits per heavy atom. The van der Waals surface area contributed by atoms with Gasteiger partial charge in [-0.25, -0.2) is 0 Å². The number of nitrogens with two attached hydrogens (primary N) is 2. The van der Waals surface area contributed by atoms with Crippen molar-refractivity contribution < 1.29 is 43.7 Å². The number of nitrogens with one attached hydrogen (secondary N) is 2. The minimum absolute atomic E-state index is 0.0968. The fourth-order valence-electron chi connectivity index (χ4n) is 2.56. The molecular weight excluding hydrogens is 406 g/mol. The van der Waals surface area contributed by atoms with Crippen LogP contribution in [0, 0.1) is 0 Å². The first kappa shape index (κ1) is 25.4. The average Bonchev–Trinajstić information content (AvgIpc) is 3.01. The zero-order valence-corrected chi connectivity index (χ0v) is 16.4. The number of esters is 1. The van der Waals surface area contributed by atoms with Crippen molar-refractivity contribution in [2.75, 3.05) is 39.8 Å². The van der Waals surface area contributed by atoms with Gasteiger partial charge in [0.05, 0.1) is 45.4 Å². The summed E-state index contributed by atoms with van der Waals surface area (Å²) in [4.78, 5) is 59.7. The summed E-state index contributed by atoms with van der Waals surface area (Å²) in [5.41, 5.74) is 10.5. The maximum atomic E-state index is 12.5. The molecule has 1 heterocycles. The van der Waals surface area contributed by atoms with E-state index in [1.54, 1.807) is 0 Å². The van der Waals surface area contributed by atoms with Gasteiger partial charge in [0.15, 0.2) is 0 Å². The molecule has 0 aromatic heterocycles. The Hall–Kier alpha value is -2.65. The van der Waals surface area contributed by atoms with E-state index < -0.39 is 80.1 Å². The van der Waals surface area contributed by atoms with Gasteiger partial charge < -0.3 is 41.8 Å². The molecule has 0 aromatic rings. The third-order valence-corrected chi connectivity index (χ3v) is 4.25. The highest BCUT2D eigenvalue weighted by Crippen LogP contribution is 2.23. The molecule has 0 unspecified atom stereocenters. The summed E-state index contributed by atoms with van der Waals surface area (Å²) in [6, 6.07) is 0. The zero-order valence-electron chi connectivity index (χ0n) is 16.4. The summed E-state index contributed by atoms with van der Waals surface area (Å²) in [6.07, 6.45) is -5.28. The Labute approximate surface area is 171 Å². The van der Waals surface area contributed by atoms with Gasteiger partial charge >= 0.3 is 5.97 Å². The predicted molar refractivity (Wildman–Crippen MR) is 98.2 cm³/mol. The molecule has 30 heavy (non-hydrogen) atoms. The van der Waals surface area contributed by atoms with E-state index in [0.717, 1.165) is 7.11 Å². The van der Waals surface area contributed by atoms with Crippen LogP contribution in [-0.2, 0) is 33.4 Å². The second-order valence-electron chi connectivity index (χ2n) is 6.34. The van der Waals surface area contributed by atoms with E-state index in [9.17, 15) is 34.2 Å². The van der Waals surface area contributed by atoms with Gasteiger partial charge in [-0.3, -0.25) is 28.9 Å². The number of aliphatic hydroxyl groups is 2. The van der Waals surface area contributed by atoms with E-state index in [-0.39, 0.29) is 13.1 Å². The molecule has 1 aliphatic rings. The first-order valence-corrected chi connectivity index (χ1v) is 8.99. The number of rotatable bonds is 10. The molecule has 14 heteroatoms. The summed E-state index contributed by atoms with van der Waals surface area (Å²) in [5.74, 6) is -4.03. The molecule has 1 fully saturated rings. The van der Waals surface area contributed by atoms with Crippen LogP contribution in [0.4, 0.5) is 0 Å². The molecule has 1 saturated heterocycles. The minimum Gasteiger partial charge on any atom is -0.468 e. The Kier molecular flexibility index (Phi) is 10.3. The van der Waals surface area contributed by atoms with Crippen molar-refractivity contribution in [3.05, 3.63) is 0 Å². The fourth-order valence-corrected chi connectivity index (χ4v) is 2.56. The number of carbonyl (C=O) groups excluding carboxylic acids is 5. The normalized spacial score (nSPS) is 22.8. The van der Waals surface area contributed by atoms with Gasteiger partial charge in [0.2, 0.25) is 23.6 Å². The minimum atomic E-state index is -1.41. The van der Waals surface area contributed by atoms with Crippen LogP contribution in [-0.4, -0.2) is 109 Å². The number of hydrogen-bond acceptors (Lipinski definition) is 11. The summed E-state index contributed by atoms with van der Waals surface area (Å²) >= 11 is 0. The lowest BCUT2D eigenvalue weighted by Crippen LogP contribution is -2.49. The zero-order chi connectivity index (χ0) is 22.8. The standard InChI is InChI=1S/C16H27N5O9/c1-29-14(26)7-21(13(25)6-20-11(23)5-19-10(22)4-18)12(24)2-8-15(27)16(28)9(3-17)30-8/h8-9,15-16,27-28H,2-7,17-18H2,1H3,(H,19,22)(H,20,23)/t8-,9+,15-,16+/m0/s1. The second-order valence-corrected chi connectivity index (χ2v) is 6.34. The quantitative estimate of drug-likeness (QED) is 0.178. The van der Waals surface area contributed by atoms with Crippen molar-refractivity contribution in [1.82, 2.24) is 15.5 Å². The third-order valence-electron chi connectivity index (χ3n) is 4.25. The van der Waals surface area contributed by atoms with Gasteiger partial charge in [0.1, 0.15) is 18.8 Å². The lowest BCUT2D eigenvalue weighted by Gasteiger charge is -2.22. The molecule has 0 aromatic carbocycles. The van der Waals surface area contributed by atoms with Crippen LogP contribution < -0.4 is 22.1 Å². The lowest BCUT2D eigenvalue weighted by atomic mass is 10.1. The van der Waals surface area contributed by atoms with Crippen LogP contribution >= 0.6 is 0 Å². The number of ether oxygens (including phenoxy) is 2. The number of methoxy groups -OCH3 is 1. The van der Waals surface area contributed by atoms with Crippen molar-refractivity contribution >= 4 is 29.6 Å². The number of aliphatic hydroxyl groups excluding tert-OH is 2. The molecule has 0 spiro atoms. The Morgan fingerprint density at radius 2 is 1.57 bits per heavy atom. The van der Waals surface area contributed by atoms with Gasteiger partial charge in [0, 0.05) is 6.54 Å². The maximum absolute atomic E-state index is 12.5. The van der Waals surface area contributed by atoms with Gasteiger partial charge in [-0.05, 0) is 0 Å². The van der Waals surface area contributed by atoms with E-state index in [0.29, 0.717) is 4.90 Å². The van der Waals surface area contributed by atoms with Gasteiger partial charge in [-0.1, -0.05) is 0 Å². The monoisotopic (exact) mass is 433 g/mol. The second kappa shape index (κ2) is 12.1. The number of nitrogens with zero attached hydrogens (tertiary/aromatic N) is 1. The molecule has 14 nitrogen and oxygen atoms in total. The van der Waals surface area contributed by atoms with Crippen molar-refractivity contribution in [3.8, 4) is 0 Å². The van der Waals surface area contributed by atoms with Crippen LogP contribution in [0.1, 0.15) is 6.42 Å². The topological polar surface area (TPSA) is 224 Å². The molecular formula is C16H27N5O9. The molecule has 4 atom stereocenters. The molecule has 1 rings (SSSR count). The number of carbonyl (C=O) groups is 5. The van der Waals surface area contributed by atoms with Gasteiger partial charge in [-0.15, -0.1) is 0 Å². The molecule has 8 N–H and O–H groups in total. The number of amides is 4. The molecule has 4 amide bonds. The summed E-state index contributed by atoms with van der Waals surface area (Å²) in [7, 11) is 1.06. The van der Waals surface area contributed by atoms with E-state index in [1.807, 2.05) is 0 Å². The smallest absolute Gasteiger partial charge is 0.325 e. The Balaban J connectivity index is 2.72.